The third-order valence-corrected chi connectivity index (χ3v) is 5.92. The molecule has 1 spiro atoms. The smallest absolute Gasteiger partial charge is 0.407 e. The summed E-state index contributed by atoms with van der Waals surface area (Å²) in [6, 6.07) is 2.88. The summed E-state index contributed by atoms with van der Waals surface area (Å²) < 4.78 is 45.5. The van der Waals surface area contributed by atoms with Crippen LogP contribution in [0.4, 0.5) is 19.3 Å². The zero-order chi connectivity index (χ0) is 26.8. The van der Waals surface area contributed by atoms with Crippen molar-refractivity contribution in [3.63, 3.8) is 0 Å². The first kappa shape index (κ1) is 27.2. The number of pyridine rings is 1. The number of nitrogens with zero attached hydrogens (tertiary/aromatic N) is 2. The molecule has 8 nitrogen and oxygen atoms in total. The molecular weight excluding hydrogens is 472 g/mol. The van der Waals surface area contributed by atoms with Crippen molar-refractivity contribution in [3.05, 3.63) is 46.8 Å². The number of halogens is 2. The normalized spacial score (nSPS) is 15.5. The van der Waals surface area contributed by atoms with Crippen LogP contribution in [-0.4, -0.2) is 36.8 Å². The van der Waals surface area contributed by atoms with E-state index < -0.39 is 40.3 Å². The second kappa shape index (κ2) is 10.3. The fourth-order valence-corrected chi connectivity index (χ4v) is 4.19. The molecule has 0 unspecified atom stereocenters. The highest BCUT2D eigenvalue weighted by Gasteiger charge is 2.57. The fourth-order valence-electron chi connectivity index (χ4n) is 4.19. The van der Waals surface area contributed by atoms with Gasteiger partial charge in [-0.25, -0.2) is 13.6 Å². The maximum absolute atomic E-state index is 15.1. The summed E-state index contributed by atoms with van der Waals surface area (Å²) in [4.78, 5) is 31.0. The summed E-state index contributed by atoms with van der Waals surface area (Å²) in [5.74, 6) is -2.79. The topological polar surface area (TPSA) is 90.0 Å². The number of carbonyl (C=O) groups excluding carboxylic acids is 2. The van der Waals surface area contributed by atoms with Crippen LogP contribution in [0.5, 0.6) is 11.5 Å². The van der Waals surface area contributed by atoms with Crippen molar-refractivity contribution >= 4 is 17.7 Å². The van der Waals surface area contributed by atoms with Gasteiger partial charge < -0.3 is 24.4 Å². The number of nitrogens with one attached hydrogen (secondary N) is 1. The number of ether oxygens (including phenoxy) is 3. The van der Waals surface area contributed by atoms with E-state index >= 15 is 8.78 Å². The molecule has 196 valence electrons. The summed E-state index contributed by atoms with van der Waals surface area (Å²) in [5, 5.41) is 2.65. The van der Waals surface area contributed by atoms with Gasteiger partial charge in [-0.15, -0.1) is 0 Å². The molecule has 0 saturated heterocycles. The van der Waals surface area contributed by atoms with Crippen LogP contribution < -0.4 is 19.7 Å². The molecule has 2 aliphatic rings. The van der Waals surface area contributed by atoms with Crippen molar-refractivity contribution in [2.24, 2.45) is 0 Å². The lowest BCUT2D eigenvalue weighted by Crippen LogP contribution is -2.45. The Labute approximate surface area is 209 Å². The van der Waals surface area contributed by atoms with E-state index in [9.17, 15) is 9.59 Å². The average molecular weight is 506 g/mol. The van der Waals surface area contributed by atoms with Crippen molar-refractivity contribution in [1.82, 2.24) is 10.3 Å². The molecule has 1 aromatic carbocycles. The van der Waals surface area contributed by atoms with Gasteiger partial charge in [0.1, 0.15) is 11.3 Å². The van der Waals surface area contributed by atoms with Crippen LogP contribution in [0.3, 0.4) is 0 Å². The molecule has 1 fully saturated rings. The molecular formula is C26H33F2N3O5. The Kier molecular flexibility index (Phi) is 7.76. The minimum Gasteiger partial charge on any atom is -0.493 e. The molecule has 10 heteroatoms. The largest absolute Gasteiger partial charge is 0.493 e. The van der Waals surface area contributed by atoms with Crippen LogP contribution in [0.25, 0.3) is 0 Å². The third-order valence-electron chi connectivity index (χ3n) is 5.92. The van der Waals surface area contributed by atoms with E-state index in [1.807, 2.05) is 13.8 Å². The minimum absolute atomic E-state index is 0.0626. The summed E-state index contributed by atoms with van der Waals surface area (Å²) >= 11 is 0. The van der Waals surface area contributed by atoms with Gasteiger partial charge in [0.25, 0.3) is 0 Å². The minimum atomic E-state index is -0.973. The Hall–Kier alpha value is -3.43. The molecule has 2 aromatic rings. The molecule has 2 amide bonds. The Morgan fingerprint density at radius 2 is 1.69 bits per heavy atom. The fraction of sp³-hybridized carbons (Fsp3) is 0.500. The first-order valence-electron chi connectivity index (χ1n) is 11.9. The Morgan fingerprint density at radius 1 is 1.11 bits per heavy atom. The maximum Gasteiger partial charge on any atom is 0.407 e. The van der Waals surface area contributed by atoms with Crippen LogP contribution in [0, 0.1) is 11.6 Å². The van der Waals surface area contributed by atoms with Gasteiger partial charge in [-0.2, -0.15) is 0 Å². The monoisotopic (exact) mass is 505 g/mol. The van der Waals surface area contributed by atoms with E-state index in [0.717, 1.165) is 16.5 Å². The van der Waals surface area contributed by atoms with Crippen LogP contribution in [0.1, 0.15) is 64.3 Å². The molecule has 0 bridgehead atoms. The van der Waals surface area contributed by atoms with Crippen LogP contribution in [0.15, 0.2) is 18.3 Å². The lowest BCUT2D eigenvalue weighted by atomic mass is 9.86. The van der Waals surface area contributed by atoms with Gasteiger partial charge in [0.05, 0.1) is 38.4 Å². The Balaban J connectivity index is 0.00000176. The summed E-state index contributed by atoms with van der Waals surface area (Å²) in [6.07, 6.45) is 2.09. The van der Waals surface area contributed by atoms with Crippen LogP contribution >= 0.6 is 0 Å². The first-order valence-corrected chi connectivity index (χ1v) is 11.9. The Bertz CT molecular complexity index is 1130. The summed E-state index contributed by atoms with van der Waals surface area (Å²) in [5.41, 5.74) is -0.0217. The number of hydrogen-bond acceptors (Lipinski definition) is 6. The van der Waals surface area contributed by atoms with Crippen LogP contribution in [-0.2, 0) is 28.0 Å². The molecule has 4 rings (SSSR count). The maximum atomic E-state index is 15.1. The first-order chi connectivity index (χ1) is 17.0. The van der Waals surface area contributed by atoms with Crippen LogP contribution in [0.2, 0.25) is 0 Å². The predicted octanol–water partition coefficient (Wildman–Crippen LogP) is 5.01. The molecule has 1 aliphatic heterocycles. The van der Waals surface area contributed by atoms with E-state index in [1.54, 1.807) is 33.0 Å². The van der Waals surface area contributed by atoms with Gasteiger partial charge in [0.15, 0.2) is 23.1 Å². The molecule has 1 aliphatic carbocycles. The zero-order valence-corrected chi connectivity index (χ0v) is 21.8. The molecule has 0 atom stereocenters. The lowest BCUT2D eigenvalue weighted by molar-refractivity contribution is -0.121. The zero-order valence-electron chi connectivity index (χ0n) is 21.8. The molecule has 1 aromatic heterocycles. The highest BCUT2D eigenvalue weighted by molar-refractivity contribution is 6.05. The highest BCUT2D eigenvalue weighted by Crippen LogP contribution is 2.54. The standard InChI is InChI=1S/C24H27F2N3O5.C2H6/c1-23(2,3)34-22(31)28-11-14-8-15-13(10-27-14)12-29(21(30)24(15)6-7-24)20-18(25)16(32-4)9-17(33-5)19(20)26;1-2/h8-10H,6-7,11-12H2,1-5H3,(H,28,31);1-2H3. The molecule has 36 heavy (non-hydrogen) atoms. The number of carbonyl (C=O) groups is 2. The molecule has 1 N–H and O–H groups in total. The predicted molar refractivity (Wildman–Crippen MR) is 130 cm³/mol. The van der Waals surface area contributed by atoms with Gasteiger partial charge in [-0.3, -0.25) is 9.78 Å². The number of rotatable bonds is 5. The van der Waals surface area contributed by atoms with Gasteiger partial charge in [-0.1, -0.05) is 13.8 Å². The quantitative estimate of drug-likeness (QED) is 0.615. The molecule has 1 saturated carbocycles. The van der Waals surface area contributed by atoms with Crippen molar-refractivity contribution < 1.29 is 32.6 Å². The summed E-state index contributed by atoms with van der Waals surface area (Å²) in [7, 11) is 2.51. The SMILES string of the molecule is CC.COc1cc(OC)c(F)c(N2Cc3cnc(CNC(=O)OC(C)(C)C)cc3C3(CC3)C2=O)c1F. The van der Waals surface area contributed by atoms with E-state index in [1.165, 1.54) is 14.2 Å². The second-order valence-electron chi connectivity index (χ2n) is 9.42. The highest BCUT2D eigenvalue weighted by atomic mass is 19.1. The van der Waals surface area contributed by atoms with E-state index in [4.69, 9.17) is 14.2 Å². The van der Waals surface area contributed by atoms with E-state index in [0.29, 0.717) is 24.1 Å². The van der Waals surface area contributed by atoms with E-state index in [-0.39, 0.29) is 24.6 Å². The number of amides is 2. The Morgan fingerprint density at radius 3 is 2.19 bits per heavy atom. The number of alkyl carbamates (subject to hydrolysis) is 1. The van der Waals surface area contributed by atoms with Gasteiger partial charge in [-0.05, 0) is 50.8 Å². The number of hydrogen-bond donors (Lipinski definition) is 1. The van der Waals surface area contributed by atoms with Crippen molar-refractivity contribution in [1.29, 1.82) is 0 Å². The number of benzene rings is 1. The van der Waals surface area contributed by atoms with Crippen molar-refractivity contribution in [2.75, 3.05) is 19.1 Å². The van der Waals surface area contributed by atoms with Gasteiger partial charge in [0, 0.05) is 12.3 Å². The van der Waals surface area contributed by atoms with E-state index in [2.05, 4.69) is 10.3 Å². The number of aromatic nitrogens is 1. The third kappa shape index (κ3) is 5.08. The second-order valence-corrected chi connectivity index (χ2v) is 9.42. The molecule has 2 heterocycles. The number of fused-ring (bicyclic) bond motifs is 2. The van der Waals surface area contributed by atoms with Crippen molar-refractivity contribution in [2.45, 2.75) is 71.6 Å². The van der Waals surface area contributed by atoms with Gasteiger partial charge in [0.2, 0.25) is 5.91 Å². The molecule has 0 radical (unpaired) electrons. The lowest BCUT2D eigenvalue weighted by Gasteiger charge is -2.35. The van der Waals surface area contributed by atoms with Gasteiger partial charge >= 0.3 is 6.09 Å². The average Bonchev–Trinajstić information content (AvgIpc) is 3.63. The number of methoxy groups -OCH3 is 2. The van der Waals surface area contributed by atoms with Crippen molar-refractivity contribution in [3.8, 4) is 11.5 Å². The summed E-state index contributed by atoms with van der Waals surface area (Å²) in [6.45, 7) is 9.35. The number of anilines is 1.